The summed E-state index contributed by atoms with van der Waals surface area (Å²) in [4.78, 5) is 0.267. The van der Waals surface area contributed by atoms with Gasteiger partial charge in [-0.25, -0.2) is 13.1 Å². The van der Waals surface area contributed by atoms with Gasteiger partial charge in [0.15, 0.2) is 11.5 Å². The van der Waals surface area contributed by atoms with E-state index in [1.54, 1.807) is 24.3 Å². The second-order valence-electron chi connectivity index (χ2n) is 5.88. The lowest BCUT2D eigenvalue weighted by Crippen LogP contribution is -2.30. The lowest BCUT2D eigenvalue weighted by atomic mass is 9.93. The summed E-state index contributed by atoms with van der Waals surface area (Å²) in [7, 11) is -3.55. The number of phenols is 1. The van der Waals surface area contributed by atoms with Crippen LogP contribution in [0.5, 0.6) is 11.5 Å². The first kappa shape index (κ1) is 16.8. The maximum atomic E-state index is 12.5. The SMILES string of the molecule is CCc1ccc(S(=O)(=O)NCC2CCOc3c(O)cccc32)cc1. The molecule has 2 aromatic carbocycles. The highest BCUT2D eigenvalue weighted by molar-refractivity contribution is 7.89. The lowest BCUT2D eigenvalue weighted by molar-refractivity contribution is 0.254. The van der Waals surface area contributed by atoms with E-state index >= 15 is 0 Å². The van der Waals surface area contributed by atoms with Crippen LogP contribution in [0.3, 0.4) is 0 Å². The first-order chi connectivity index (χ1) is 11.5. The van der Waals surface area contributed by atoms with Crippen molar-refractivity contribution in [1.82, 2.24) is 4.72 Å². The first-order valence-electron chi connectivity index (χ1n) is 8.04. The van der Waals surface area contributed by atoms with Crippen LogP contribution in [0, 0.1) is 0 Å². The highest BCUT2D eigenvalue weighted by Gasteiger charge is 2.25. The summed E-state index contributed by atoms with van der Waals surface area (Å²) in [5.41, 5.74) is 1.94. The molecule has 2 aromatic rings. The smallest absolute Gasteiger partial charge is 0.240 e. The van der Waals surface area contributed by atoms with Crippen LogP contribution in [-0.2, 0) is 16.4 Å². The number of phenolic OH excluding ortho intramolecular Hbond substituents is 1. The van der Waals surface area contributed by atoms with Crippen LogP contribution in [0.2, 0.25) is 0 Å². The number of fused-ring (bicyclic) bond motifs is 1. The average molecular weight is 347 g/mol. The van der Waals surface area contributed by atoms with Crippen LogP contribution in [0.25, 0.3) is 0 Å². The highest BCUT2D eigenvalue weighted by Crippen LogP contribution is 2.39. The first-order valence-corrected chi connectivity index (χ1v) is 9.53. The van der Waals surface area contributed by atoms with Crippen molar-refractivity contribution in [3.8, 4) is 11.5 Å². The van der Waals surface area contributed by atoms with Crippen LogP contribution in [0.4, 0.5) is 0 Å². The van der Waals surface area contributed by atoms with E-state index in [0.29, 0.717) is 18.8 Å². The lowest BCUT2D eigenvalue weighted by Gasteiger charge is -2.26. The van der Waals surface area contributed by atoms with Gasteiger partial charge in [0.1, 0.15) is 0 Å². The molecule has 0 bridgehead atoms. The second kappa shape index (κ2) is 6.83. The van der Waals surface area contributed by atoms with Gasteiger partial charge in [0.05, 0.1) is 11.5 Å². The van der Waals surface area contributed by atoms with Gasteiger partial charge >= 0.3 is 0 Å². The van der Waals surface area contributed by atoms with E-state index in [2.05, 4.69) is 4.72 Å². The zero-order valence-corrected chi connectivity index (χ0v) is 14.3. The molecule has 3 rings (SSSR count). The van der Waals surface area contributed by atoms with Crippen LogP contribution in [0.15, 0.2) is 47.4 Å². The Bertz CT molecular complexity index is 815. The summed E-state index contributed by atoms with van der Waals surface area (Å²) in [5.74, 6) is 0.529. The molecule has 0 saturated carbocycles. The predicted molar refractivity (Wildman–Crippen MR) is 92.0 cm³/mol. The van der Waals surface area contributed by atoms with Crippen molar-refractivity contribution in [1.29, 1.82) is 0 Å². The molecular formula is C18H21NO4S. The largest absolute Gasteiger partial charge is 0.504 e. The molecule has 0 radical (unpaired) electrons. The van der Waals surface area contributed by atoms with Crippen molar-refractivity contribution in [3.63, 3.8) is 0 Å². The quantitative estimate of drug-likeness (QED) is 0.872. The molecule has 1 atom stereocenters. The van der Waals surface area contributed by atoms with E-state index in [1.165, 1.54) is 0 Å². The molecule has 0 amide bonds. The van der Waals surface area contributed by atoms with Gasteiger partial charge in [0, 0.05) is 18.0 Å². The van der Waals surface area contributed by atoms with Crippen LogP contribution in [0.1, 0.15) is 30.4 Å². The average Bonchev–Trinajstić information content (AvgIpc) is 2.60. The van der Waals surface area contributed by atoms with E-state index in [-0.39, 0.29) is 23.1 Å². The van der Waals surface area contributed by atoms with Gasteiger partial charge in [-0.2, -0.15) is 0 Å². The van der Waals surface area contributed by atoms with Gasteiger partial charge in [-0.05, 0) is 36.6 Å². The number of sulfonamides is 1. The maximum absolute atomic E-state index is 12.5. The number of para-hydroxylation sites is 1. The Morgan fingerprint density at radius 3 is 2.67 bits per heavy atom. The van der Waals surface area contributed by atoms with Gasteiger partial charge in [-0.15, -0.1) is 0 Å². The fraction of sp³-hybridized carbons (Fsp3) is 0.333. The Morgan fingerprint density at radius 1 is 1.21 bits per heavy atom. The zero-order valence-electron chi connectivity index (χ0n) is 13.5. The normalized spacial score (nSPS) is 17.1. The molecule has 1 aliphatic rings. The van der Waals surface area contributed by atoms with E-state index in [4.69, 9.17) is 4.74 Å². The summed E-state index contributed by atoms with van der Waals surface area (Å²) < 4.78 is 33.1. The molecule has 1 aliphatic heterocycles. The molecule has 0 fully saturated rings. The molecule has 1 heterocycles. The molecule has 2 N–H and O–H groups in total. The third-order valence-electron chi connectivity index (χ3n) is 4.34. The van der Waals surface area contributed by atoms with E-state index < -0.39 is 10.0 Å². The van der Waals surface area contributed by atoms with Crippen LogP contribution < -0.4 is 9.46 Å². The summed E-state index contributed by atoms with van der Waals surface area (Å²) in [6.45, 7) is 2.76. The summed E-state index contributed by atoms with van der Waals surface area (Å²) in [5, 5.41) is 9.87. The standard InChI is InChI=1S/C18H21NO4S/c1-2-13-6-8-15(9-7-13)24(21,22)19-12-14-10-11-23-18-16(14)4-3-5-17(18)20/h3-9,14,19-20H,2,10-12H2,1H3. The monoisotopic (exact) mass is 347 g/mol. The minimum absolute atomic E-state index is 0.0226. The second-order valence-corrected chi connectivity index (χ2v) is 7.65. The molecule has 1 unspecified atom stereocenters. The van der Waals surface area contributed by atoms with Gasteiger partial charge in [-0.3, -0.25) is 0 Å². The fourth-order valence-electron chi connectivity index (χ4n) is 2.89. The summed E-state index contributed by atoms with van der Waals surface area (Å²) >= 11 is 0. The molecule has 128 valence electrons. The topological polar surface area (TPSA) is 75.6 Å². The van der Waals surface area contributed by atoms with Crippen molar-refractivity contribution < 1.29 is 18.3 Å². The number of nitrogens with one attached hydrogen (secondary N) is 1. The Hall–Kier alpha value is -2.05. The number of hydrogen-bond donors (Lipinski definition) is 2. The fourth-order valence-corrected chi connectivity index (χ4v) is 3.97. The molecular weight excluding hydrogens is 326 g/mol. The minimum atomic E-state index is -3.55. The van der Waals surface area contributed by atoms with Crippen molar-refractivity contribution >= 4 is 10.0 Å². The van der Waals surface area contributed by atoms with Crippen molar-refractivity contribution in [2.24, 2.45) is 0 Å². The van der Waals surface area contributed by atoms with Gasteiger partial charge in [0.2, 0.25) is 10.0 Å². The number of hydrogen-bond acceptors (Lipinski definition) is 4. The maximum Gasteiger partial charge on any atom is 0.240 e. The number of aromatic hydroxyl groups is 1. The van der Waals surface area contributed by atoms with Crippen LogP contribution >= 0.6 is 0 Å². The zero-order chi connectivity index (χ0) is 17.2. The number of aryl methyl sites for hydroxylation is 1. The molecule has 24 heavy (non-hydrogen) atoms. The Labute approximate surface area is 142 Å². The van der Waals surface area contributed by atoms with Gasteiger partial charge < -0.3 is 9.84 Å². The molecule has 5 nitrogen and oxygen atoms in total. The minimum Gasteiger partial charge on any atom is -0.504 e. The van der Waals surface area contributed by atoms with Gasteiger partial charge in [-0.1, -0.05) is 31.2 Å². The van der Waals surface area contributed by atoms with Crippen molar-refractivity contribution in [3.05, 3.63) is 53.6 Å². The van der Waals surface area contributed by atoms with Crippen LogP contribution in [-0.4, -0.2) is 26.7 Å². The molecule has 0 aliphatic carbocycles. The third kappa shape index (κ3) is 3.39. The summed E-state index contributed by atoms with van der Waals surface area (Å²) in [6.07, 6.45) is 1.57. The predicted octanol–water partition coefficient (Wildman–Crippen LogP) is 2.80. The number of benzene rings is 2. The summed E-state index contributed by atoms with van der Waals surface area (Å²) in [6, 6.07) is 12.1. The van der Waals surface area contributed by atoms with Gasteiger partial charge in [0.25, 0.3) is 0 Å². The Balaban J connectivity index is 1.75. The van der Waals surface area contributed by atoms with E-state index in [9.17, 15) is 13.5 Å². The molecule has 0 aromatic heterocycles. The Morgan fingerprint density at radius 2 is 1.96 bits per heavy atom. The Kier molecular flexibility index (Phi) is 4.78. The van der Waals surface area contributed by atoms with Crippen molar-refractivity contribution in [2.75, 3.05) is 13.2 Å². The molecule has 6 heteroatoms. The molecule has 0 saturated heterocycles. The highest BCUT2D eigenvalue weighted by atomic mass is 32.2. The molecule has 0 spiro atoms. The number of ether oxygens (including phenoxy) is 1. The van der Waals surface area contributed by atoms with E-state index in [1.807, 2.05) is 25.1 Å². The number of rotatable bonds is 5. The third-order valence-corrected chi connectivity index (χ3v) is 5.78. The van der Waals surface area contributed by atoms with Crippen molar-refractivity contribution in [2.45, 2.75) is 30.6 Å². The van der Waals surface area contributed by atoms with E-state index in [0.717, 1.165) is 17.5 Å².